The van der Waals surface area contributed by atoms with Crippen molar-refractivity contribution in [1.82, 2.24) is 20.4 Å². The van der Waals surface area contributed by atoms with Gasteiger partial charge in [-0.25, -0.2) is 13.1 Å². The summed E-state index contributed by atoms with van der Waals surface area (Å²) in [6.07, 6.45) is 5.16. The van der Waals surface area contributed by atoms with Crippen molar-refractivity contribution in [1.29, 1.82) is 0 Å². The Hall–Kier alpha value is -2.35. The third-order valence-corrected chi connectivity index (χ3v) is 5.98. The third-order valence-electron chi connectivity index (χ3n) is 4.21. The van der Waals surface area contributed by atoms with Crippen molar-refractivity contribution in [2.24, 2.45) is 4.99 Å². The molecular formula is C17H23N5O2S. The molecule has 8 heteroatoms. The average Bonchev–Trinajstić information content (AvgIpc) is 3.24. The molecule has 1 unspecified atom stereocenters. The van der Waals surface area contributed by atoms with E-state index in [4.69, 9.17) is 0 Å². The lowest BCUT2D eigenvalue weighted by molar-refractivity contribution is 0.599. The fourth-order valence-electron chi connectivity index (χ4n) is 2.86. The fraction of sp³-hybridized carbons (Fsp3) is 0.412. The summed E-state index contributed by atoms with van der Waals surface area (Å²) in [5.41, 5.74) is 2.24. The minimum Gasteiger partial charge on any atom is -0.356 e. The highest BCUT2D eigenvalue weighted by atomic mass is 32.2. The van der Waals surface area contributed by atoms with Gasteiger partial charge in [-0.3, -0.25) is 4.99 Å². The highest BCUT2D eigenvalue weighted by molar-refractivity contribution is 7.91. The Morgan fingerprint density at radius 1 is 1.36 bits per heavy atom. The van der Waals surface area contributed by atoms with Crippen molar-refractivity contribution in [3.05, 3.63) is 48.3 Å². The van der Waals surface area contributed by atoms with Gasteiger partial charge in [-0.2, -0.15) is 5.10 Å². The zero-order chi connectivity index (χ0) is 17.7. The highest BCUT2D eigenvalue weighted by Crippen LogP contribution is 2.11. The molecular weight excluding hydrogens is 338 g/mol. The van der Waals surface area contributed by atoms with E-state index in [2.05, 4.69) is 32.9 Å². The van der Waals surface area contributed by atoms with Crippen LogP contribution in [0.25, 0.3) is 5.69 Å². The smallest absolute Gasteiger partial charge is 0.191 e. The lowest BCUT2D eigenvalue weighted by Crippen LogP contribution is -2.44. The third kappa shape index (κ3) is 4.82. The number of guanidine groups is 1. The Morgan fingerprint density at radius 2 is 2.16 bits per heavy atom. The van der Waals surface area contributed by atoms with E-state index < -0.39 is 9.84 Å². The molecule has 1 fully saturated rings. The zero-order valence-electron chi connectivity index (χ0n) is 14.2. The molecule has 0 amide bonds. The van der Waals surface area contributed by atoms with Crippen LogP contribution in [0.4, 0.5) is 0 Å². The second-order valence-electron chi connectivity index (χ2n) is 6.11. The molecule has 2 heterocycles. The second-order valence-corrected chi connectivity index (χ2v) is 8.34. The lowest BCUT2D eigenvalue weighted by atomic mass is 10.1. The molecule has 1 aliphatic heterocycles. The van der Waals surface area contributed by atoms with Crippen molar-refractivity contribution < 1.29 is 8.42 Å². The maximum absolute atomic E-state index is 11.5. The van der Waals surface area contributed by atoms with Crippen molar-refractivity contribution in [3.63, 3.8) is 0 Å². The van der Waals surface area contributed by atoms with Gasteiger partial charge >= 0.3 is 0 Å². The SMILES string of the molecule is CN=C(NCCc1ccc(-n2cccn2)cc1)NC1CCS(=O)(=O)C1. The fourth-order valence-corrected chi connectivity index (χ4v) is 4.53. The van der Waals surface area contributed by atoms with Crippen LogP contribution < -0.4 is 10.6 Å². The maximum Gasteiger partial charge on any atom is 0.191 e. The first kappa shape index (κ1) is 17.5. The van der Waals surface area contributed by atoms with Crippen LogP contribution in [0.2, 0.25) is 0 Å². The van der Waals surface area contributed by atoms with E-state index in [1.165, 1.54) is 5.56 Å². The first-order valence-corrected chi connectivity index (χ1v) is 10.1. The minimum absolute atomic E-state index is 0.0513. The van der Waals surface area contributed by atoms with Crippen LogP contribution in [0.5, 0.6) is 0 Å². The Labute approximate surface area is 148 Å². The van der Waals surface area contributed by atoms with Crippen LogP contribution in [0.3, 0.4) is 0 Å². The summed E-state index contributed by atoms with van der Waals surface area (Å²) in [6.45, 7) is 0.722. The molecule has 0 bridgehead atoms. The molecule has 0 radical (unpaired) electrons. The first-order valence-electron chi connectivity index (χ1n) is 8.32. The molecule has 1 aromatic carbocycles. The number of sulfone groups is 1. The number of hydrogen-bond donors (Lipinski definition) is 2. The summed E-state index contributed by atoms with van der Waals surface area (Å²) in [4.78, 5) is 4.17. The van der Waals surface area contributed by atoms with Gasteiger partial charge in [-0.05, 0) is 36.6 Å². The topological polar surface area (TPSA) is 88.4 Å². The summed E-state index contributed by atoms with van der Waals surface area (Å²) < 4.78 is 24.9. The molecule has 134 valence electrons. The number of aliphatic imine (C=N–C) groups is 1. The zero-order valence-corrected chi connectivity index (χ0v) is 15.0. The van der Waals surface area contributed by atoms with Crippen molar-refractivity contribution >= 4 is 15.8 Å². The number of aromatic nitrogens is 2. The van der Waals surface area contributed by atoms with Crippen molar-refractivity contribution in [3.8, 4) is 5.69 Å². The van der Waals surface area contributed by atoms with Gasteiger partial charge in [0.25, 0.3) is 0 Å². The summed E-state index contributed by atoms with van der Waals surface area (Å²) >= 11 is 0. The standard InChI is InChI=1S/C17H23N5O2S/c1-18-17(21-15-8-12-25(23,24)13-15)19-10-7-14-3-5-16(6-4-14)22-11-2-9-20-22/h2-6,9,11,15H,7-8,10,12-13H2,1H3,(H2,18,19,21). The van der Waals surface area contributed by atoms with Gasteiger partial charge < -0.3 is 10.6 Å². The molecule has 2 aromatic rings. The Balaban J connectivity index is 1.47. The molecule has 1 aliphatic rings. The number of hydrogen-bond acceptors (Lipinski definition) is 4. The number of benzene rings is 1. The van der Waals surface area contributed by atoms with Crippen LogP contribution in [0, 0.1) is 0 Å². The van der Waals surface area contributed by atoms with E-state index in [1.807, 2.05) is 29.1 Å². The van der Waals surface area contributed by atoms with E-state index in [0.29, 0.717) is 12.4 Å². The van der Waals surface area contributed by atoms with Crippen molar-refractivity contribution in [2.45, 2.75) is 18.9 Å². The molecule has 0 aliphatic carbocycles. The van der Waals surface area contributed by atoms with E-state index in [9.17, 15) is 8.42 Å². The van der Waals surface area contributed by atoms with Crippen LogP contribution in [0.15, 0.2) is 47.7 Å². The monoisotopic (exact) mass is 361 g/mol. The summed E-state index contributed by atoms with van der Waals surface area (Å²) in [5.74, 6) is 1.09. The van der Waals surface area contributed by atoms with Crippen LogP contribution in [-0.4, -0.2) is 55.3 Å². The number of rotatable bonds is 5. The van der Waals surface area contributed by atoms with E-state index >= 15 is 0 Å². The highest BCUT2D eigenvalue weighted by Gasteiger charge is 2.28. The lowest BCUT2D eigenvalue weighted by Gasteiger charge is -2.16. The molecule has 0 saturated carbocycles. The Morgan fingerprint density at radius 3 is 2.76 bits per heavy atom. The van der Waals surface area contributed by atoms with Gasteiger partial charge in [0.05, 0.1) is 17.2 Å². The predicted octanol–water partition coefficient (Wildman–Crippen LogP) is 0.767. The predicted molar refractivity (Wildman–Crippen MR) is 98.8 cm³/mol. The average molecular weight is 361 g/mol. The van der Waals surface area contributed by atoms with Crippen LogP contribution >= 0.6 is 0 Å². The van der Waals surface area contributed by atoms with Gasteiger partial charge in [-0.1, -0.05) is 12.1 Å². The van der Waals surface area contributed by atoms with Crippen LogP contribution in [0.1, 0.15) is 12.0 Å². The molecule has 25 heavy (non-hydrogen) atoms. The van der Waals surface area contributed by atoms with Crippen LogP contribution in [-0.2, 0) is 16.3 Å². The van der Waals surface area contributed by atoms with Gasteiger partial charge in [-0.15, -0.1) is 0 Å². The quantitative estimate of drug-likeness (QED) is 0.607. The van der Waals surface area contributed by atoms with Crippen molar-refractivity contribution in [2.75, 3.05) is 25.1 Å². The molecule has 1 aromatic heterocycles. The molecule has 2 N–H and O–H groups in total. The van der Waals surface area contributed by atoms with E-state index in [1.54, 1.807) is 13.2 Å². The maximum atomic E-state index is 11.5. The van der Waals surface area contributed by atoms with Gasteiger partial charge in [0.2, 0.25) is 0 Å². The molecule has 1 saturated heterocycles. The minimum atomic E-state index is -2.89. The van der Waals surface area contributed by atoms with Gasteiger partial charge in [0.15, 0.2) is 15.8 Å². The Kier molecular flexibility index (Phi) is 5.37. The summed E-state index contributed by atoms with van der Waals surface area (Å²) in [6, 6.07) is 10.1. The first-order chi connectivity index (χ1) is 12.1. The molecule has 1 atom stereocenters. The largest absolute Gasteiger partial charge is 0.356 e. The summed E-state index contributed by atoms with van der Waals surface area (Å²) in [7, 11) is -1.20. The normalized spacial score (nSPS) is 19.7. The Bertz CT molecular complexity index is 813. The molecule has 7 nitrogen and oxygen atoms in total. The van der Waals surface area contributed by atoms with Gasteiger partial charge in [0, 0.05) is 32.0 Å². The second kappa shape index (κ2) is 7.69. The number of nitrogens with one attached hydrogen (secondary N) is 2. The summed E-state index contributed by atoms with van der Waals surface area (Å²) in [5, 5.41) is 10.6. The van der Waals surface area contributed by atoms with E-state index in [-0.39, 0.29) is 17.5 Å². The van der Waals surface area contributed by atoms with E-state index in [0.717, 1.165) is 18.7 Å². The number of nitrogens with zero attached hydrogens (tertiary/aromatic N) is 3. The molecule has 3 rings (SSSR count). The molecule has 0 spiro atoms. The van der Waals surface area contributed by atoms with Gasteiger partial charge in [0.1, 0.15) is 0 Å².